The second-order valence-electron chi connectivity index (χ2n) is 4.47. The average Bonchev–Trinajstić information content (AvgIpc) is 3.03. The Kier molecular flexibility index (Phi) is 2.91. The number of hydrogen-bond donors (Lipinski definition) is 2. The molecule has 98 valence electrons. The molecule has 1 amide bonds. The van der Waals surface area contributed by atoms with Crippen LogP contribution in [-0.4, -0.2) is 22.6 Å². The van der Waals surface area contributed by atoms with E-state index in [4.69, 9.17) is 4.52 Å². The molecule has 1 aromatic carbocycles. The van der Waals surface area contributed by atoms with Crippen LogP contribution in [0.15, 0.2) is 22.7 Å². The molecular formula is C13H14N4O2. The number of hydrogen-bond acceptors (Lipinski definition) is 5. The molecule has 0 spiro atoms. The van der Waals surface area contributed by atoms with Gasteiger partial charge < -0.3 is 15.2 Å². The highest BCUT2D eigenvalue weighted by atomic mass is 16.5. The quantitative estimate of drug-likeness (QED) is 0.866. The monoisotopic (exact) mass is 258 g/mol. The van der Waals surface area contributed by atoms with E-state index in [0.717, 1.165) is 18.7 Å². The Morgan fingerprint density at radius 2 is 2.42 bits per heavy atom. The minimum absolute atomic E-state index is 0.134. The molecule has 0 saturated carbocycles. The number of aryl methyl sites for hydroxylation is 1. The van der Waals surface area contributed by atoms with Gasteiger partial charge in [-0.15, -0.1) is 0 Å². The van der Waals surface area contributed by atoms with Crippen molar-refractivity contribution in [2.75, 3.05) is 11.9 Å². The van der Waals surface area contributed by atoms with E-state index in [9.17, 15) is 4.79 Å². The van der Waals surface area contributed by atoms with Crippen LogP contribution >= 0.6 is 0 Å². The minimum atomic E-state index is -0.134. The van der Waals surface area contributed by atoms with Crippen molar-refractivity contribution in [3.05, 3.63) is 41.0 Å². The zero-order valence-electron chi connectivity index (χ0n) is 10.6. The molecule has 2 heterocycles. The van der Waals surface area contributed by atoms with Crippen LogP contribution in [0.5, 0.6) is 0 Å². The highest BCUT2D eigenvalue weighted by Gasteiger charge is 2.14. The minimum Gasteiger partial charge on any atom is -0.384 e. The Morgan fingerprint density at radius 1 is 1.53 bits per heavy atom. The molecule has 1 aliphatic rings. The molecule has 19 heavy (non-hydrogen) atoms. The highest BCUT2D eigenvalue weighted by Crippen LogP contribution is 2.22. The van der Waals surface area contributed by atoms with Gasteiger partial charge >= 0.3 is 0 Å². The van der Waals surface area contributed by atoms with E-state index in [2.05, 4.69) is 20.8 Å². The van der Waals surface area contributed by atoms with Crippen LogP contribution in [0.1, 0.15) is 27.6 Å². The van der Waals surface area contributed by atoms with Crippen molar-refractivity contribution < 1.29 is 9.32 Å². The van der Waals surface area contributed by atoms with Crippen molar-refractivity contribution in [2.24, 2.45) is 0 Å². The number of nitrogens with zero attached hydrogens (tertiary/aromatic N) is 2. The summed E-state index contributed by atoms with van der Waals surface area (Å²) in [6, 6.07) is 5.67. The summed E-state index contributed by atoms with van der Waals surface area (Å²) in [5, 5.41) is 9.69. The van der Waals surface area contributed by atoms with Crippen LogP contribution in [0.3, 0.4) is 0 Å². The number of rotatable bonds is 3. The topological polar surface area (TPSA) is 80.0 Å². The number of benzene rings is 1. The van der Waals surface area contributed by atoms with Crippen LogP contribution in [0.4, 0.5) is 5.69 Å². The van der Waals surface area contributed by atoms with Gasteiger partial charge in [-0.3, -0.25) is 4.79 Å². The summed E-state index contributed by atoms with van der Waals surface area (Å²) >= 11 is 0. The molecule has 0 bridgehead atoms. The Balaban J connectivity index is 1.67. The predicted octanol–water partition coefficient (Wildman–Crippen LogP) is 1.28. The Labute approximate surface area is 110 Å². The third-order valence-corrected chi connectivity index (χ3v) is 3.05. The maximum Gasteiger partial charge on any atom is 0.251 e. The first-order valence-electron chi connectivity index (χ1n) is 6.16. The van der Waals surface area contributed by atoms with Crippen LogP contribution < -0.4 is 10.6 Å². The van der Waals surface area contributed by atoms with Crippen molar-refractivity contribution in [2.45, 2.75) is 19.9 Å². The molecule has 0 aliphatic carbocycles. The molecule has 6 heteroatoms. The lowest BCUT2D eigenvalue weighted by atomic mass is 10.1. The molecule has 0 atom stereocenters. The molecule has 3 rings (SSSR count). The highest BCUT2D eigenvalue weighted by molar-refractivity contribution is 5.94. The Hall–Kier alpha value is -2.37. The van der Waals surface area contributed by atoms with Gasteiger partial charge in [0.2, 0.25) is 5.89 Å². The SMILES string of the molecule is Cc1noc(CNC(=O)c2ccc3c(c2)CCN3)n1. The zero-order valence-corrected chi connectivity index (χ0v) is 10.6. The van der Waals surface area contributed by atoms with E-state index >= 15 is 0 Å². The smallest absolute Gasteiger partial charge is 0.251 e. The first kappa shape index (κ1) is 11.7. The summed E-state index contributed by atoms with van der Waals surface area (Å²) in [6.07, 6.45) is 0.958. The number of anilines is 1. The number of nitrogens with one attached hydrogen (secondary N) is 2. The fourth-order valence-electron chi connectivity index (χ4n) is 2.12. The summed E-state index contributed by atoms with van der Waals surface area (Å²) in [5.41, 5.74) is 2.95. The lowest BCUT2D eigenvalue weighted by Gasteiger charge is -2.05. The Morgan fingerprint density at radius 3 is 3.21 bits per heavy atom. The number of aromatic nitrogens is 2. The van der Waals surface area contributed by atoms with E-state index in [1.807, 2.05) is 18.2 Å². The predicted molar refractivity (Wildman–Crippen MR) is 68.8 cm³/mol. The van der Waals surface area contributed by atoms with Crippen molar-refractivity contribution >= 4 is 11.6 Å². The first-order valence-corrected chi connectivity index (χ1v) is 6.16. The molecule has 0 radical (unpaired) electrons. The standard InChI is InChI=1S/C13H14N4O2/c1-8-16-12(19-17-8)7-15-13(18)10-2-3-11-9(6-10)4-5-14-11/h2-3,6,14H,4-5,7H2,1H3,(H,15,18). The summed E-state index contributed by atoms with van der Waals surface area (Å²) in [5.74, 6) is 0.840. The van der Waals surface area contributed by atoms with Gasteiger partial charge in [0.25, 0.3) is 5.91 Å². The van der Waals surface area contributed by atoms with E-state index in [-0.39, 0.29) is 12.5 Å². The molecule has 0 saturated heterocycles. The third kappa shape index (κ3) is 2.42. The summed E-state index contributed by atoms with van der Waals surface area (Å²) in [7, 11) is 0. The lowest BCUT2D eigenvalue weighted by molar-refractivity contribution is 0.0946. The molecule has 1 aliphatic heterocycles. The van der Waals surface area contributed by atoms with Gasteiger partial charge in [0.05, 0.1) is 6.54 Å². The van der Waals surface area contributed by atoms with E-state index in [1.165, 1.54) is 5.56 Å². The van der Waals surface area contributed by atoms with Crippen LogP contribution in [0.2, 0.25) is 0 Å². The molecule has 6 nitrogen and oxygen atoms in total. The van der Waals surface area contributed by atoms with Gasteiger partial charge in [0.1, 0.15) is 0 Å². The van der Waals surface area contributed by atoms with Crippen molar-refractivity contribution in [3.63, 3.8) is 0 Å². The third-order valence-electron chi connectivity index (χ3n) is 3.05. The number of fused-ring (bicyclic) bond motifs is 1. The largest absolute Gasteiger partial charge is 0.384 e. The van der Waals surface area contributed by atoms with Gasteiger partial charge in [0.15, 0.2) is 5.82 Å². The average molecular weight is 258 g/mol. The van der Waals surface area contributed by atoms with Crippen LogP contribution in [0, 0.1) is 6.92 Å². The van der Waals surface area contributed by atoms with Gasteiger partial charge in [0, 0.05) is 17.8 Å². The summed E-state index contributed by atoms with van der Waals surface area (Å²) < 4.78 is 4.94. The van der Waals surface area contributed by atoms with E-state index in [0.29, 0.717) is 17.3 Å². The molecule has 2 N–H and O–H groups in total. The fraction of sp³-hybridized carbons (Fsp3) is 0.308. The van der Waals surface area contributed by atoms with Crippen LogP contribution in [0.25, 0.3) is 0 Å². The van der Waals surface area contributed by atoms with Crippen molar-refractivity contribution in [1.29, 1.82) is 0 Å². The number of carbonyl (C=O) groups excluding carboxylic acids is 1. The maximum absolute atomic E-state index is 12.0. The lowest BCUT2D eigenvalue weighted by Crippen LogP contribution is -2.23. The van der Waals surface area contributed by atoms with Gasteiger partial charge in [-0.05, 0) is 37.1 Å². The molecule has 1 aromatic heterocycles. The van der Waals surface area contributed by atoms with Gasteiger partial charge in [-0.25, -0.2) is 0 Å². The van der Waals surface area contributed by atoms with E-state index in [1.54, 1.807) is 6.92 Å². The number of carbonyl (C=O) groups is 1. The number of amides is 1. The summed E-state index contributed by atoms with van der Waals surface area (Å²) in [6.45, 7) is 2.92. The maximum atomic E-state index is 12.0. The fourth-order valence-corrected chi connectivity index (χ4v) is 2.12. The second-order valence-corrected chi connectivity index (χ2v) is 4.47. The molecule has 2 aromatic rings. The van der Waals surface area contributed by atoms with Crippen LogP contribution in [-0.2, 0) is 13.0 Å². The van der Waals surface area contributed by atoms with Crippen molar-refractivity contribution in [3.8, 4) is 0 Å². The second kappa shape index (κ2) is 4.72. The van der Waals surface area contributed by atoms with Crippen molar-refractivity contribution in [1.82, 2.24) is 15.5 Å². The Bertz CT molecular complexity index is 621. The molecular weight excluding hydrogens is 244 g/mol. The first-order chi connectivity index (χ1) is 9.22. The summed E-state index contributed by atoms with van der Waals surface area (Å²) in [4.78, 5) is 16.0. The molecule has 0 fully saturated rings. The van der Waals surface area contributed by atoms with E-state index < -0.39 is 0 Å². The van der Waals surface area contributed by atoms with Gasteiger partial charge in [-0.2, -0.15) is 4.98 Å². The molecule has 0 unspecified atom stereocenters. The van der Waals surface area contributed by atoms with Gasteiger partial charge in [-0.1, -0.05) is 5.16 Å². The normalized spacial score (nSPS) is 12.9. The zero-order chi connectivity index (χ0) is 13.2.